The third-order valence-electron chi connectivity index (χ3n) is 6.80. The highest BCUT2D eigenvalue weighted by molar-refractivity contribution is 6.03. The molecule has 2 aromatic carbocycles. The van der Waals surface area contributed by atoms with Crippen LogP contribution in [0.15, 0.2) is 85.5 Å². The molecule has 36 heavy (non-hydrogen) atoms. The summed E-state index contributed by atoms with van der Waals surface area (Å²) in [6, 6.07) is 20.4. The zero-order valence-corrected chi connectivity index (χ0v) is 19.8. The van der Waals surface area contributed by atoms with E-state index in [4.69, 9.17) is 4.74 Å². The monoisotopic (exact) mass is 478 g/mol. The molecule has 3 aromatic heterocycles. The number of benzene rings is 2. The first-order valence-electron chi connectivity index (χ1n) is 12.2. The fourth-order valence-electron chi connectivity index (χ4n) is 4.96. The lowest BCUT2D eigenvalue weighted by atomic mass is 9.93. The normalized spacial score (nSPS) is 15.6. The second-order valence-electron chi connectivity index (χ2n) is 9.39. The van der Waals surface area contributed by atoms with E-state index in [9.17, 15) is 4.79 Å². The molecule has 0 saturated carbocycles. The van der Waals surface area contributed by atoms with Crippen LogP contribution >= 0.6 is 0 Å². The van der Waals surface area contributed by atoms with Crippen LogP contribution < -0.4 is 15.8 Å². The van der Waals surface area contributed by atoms with Crippen molar-refractivity contribution in [1.82, 2.24) is 15.0 Å². The first-order valence-corrected chi connectivity index (χ1v) is 12.2. The average molecular weight is 479 g/mol. The highest BCUT2D eigenvalue weighted by Crippen LogP contribution is 2.37. The molecule has 0 spiro atoms. The number of hydrogen-bond donors (Lipinski definition) is 4. The van der Waals surface area contributed by atoms with E-state index in [1.807, 2.05) is 48.8 Å². The molecule has 6 N–H and O–H groups in total. The zero-order valence-electron chi connectivity index (χ0n) is 19.8. The molecule has 7 nitrogen and oxygen atoms in total. The SMILES string of the molecule is [NH3+][C@H](COc1cncc(-c2ccc3c(c2)C(Cc2ccc[nH]2)C(=O)N3)c1)Cc1c[nH]c2ccccc12. The largest absolute Gasteiger partial charge is 0.486 e. The molecule has 0 fully saturated rings. The van der Waals surface area contributed by atoms with E-state index in [1.54, 1.807) is 6.20 Å². The van der Waals surface area contributed by atoms with Crippen molar-refractivity contribution in [2.45, 2.75) is 24.8 Å². The molecule has 180 valence electrons. The van der Waals surface area contributed by atoms with Crippen LogP contribution in [0.4, 0.5) is 5.69 Å². The number of anilines is 1. The van der Waals surface area contributed by atoms with E-state index < -0.39 is 0 Å². The van der Waals surface area contributed by atoms with E-state index in [1.165, 1.54) is 10.9 Å². The molecule has 0 bridgehead atoms. The minimum atomic E-state index is -0.220. The summed E-state index contributed by atoms with van der Waals surface area (Å²) in [7, 11) is 0. The van der Waals surface area contributed by atoms with Gasteiger partial charge in [-0.05, 0) is 53.1 Å². The van der Waals surface area contributed by atoms with Gasteiger partial charge in [-0.25, -0.2) is 0 Å². The van der Waals surface area contributed by atoms with Gasteiger partial charge in [0.15, 0.2) is 0 Å². The number of carbonyl (C=O) groups is 1. The van der Waals surface area contributed by atoms with E-state index in [2.05, 4.69) is 56.5 Å². The van der Waals surface area contributed by atoms with Gasteiger partial charge in [0.1, 0.15) is 18.4 Å². The molecule has 1 unspecified atom stereocenters. The number of quaternary nitrogens is 1. The number of pyridine rings is 1. The van der Waals surface area contributed by atoms with Crippen LogP contribution in [0.3, 0.4) is 0 Å². The Labute approximate surface area is 208 Å². The van der Waals surface area contributed by atoms with E-state index >= 15 is 0 Å². The van der Waals surface area contributed by atoms with Gasteiger partial charge in [-0.15, -0.1) is 0 Å². The minimum Gasteiger partial charge on any atom is -0.486 e. The fraction of sp³-hybridized carbons (Fsp3) is 0.172. The standard InChI is InChI=1S/C29H27N5O2/c30-21(10-20-15-33-27-6-2-1-5-24(20)27)17-36-23-11-19(14-31-16-23)18-7-8-28-25(12-18)26(29(35)34-28)13-22-4-3-9-32-22/h1-9,11-12,14-16,21,26,32-33H,10,13,17,30H2,(H,34,35)/p+1/t21-,26?/m0/s1. The van der Waals surface area contributed by atoms with E-state index in [-0.39, 0.29) is 17.9 Å². The summed E-state index contributed by atoms with van der Waals surface area (Å²) >= 11 is 0. The summed E-state index contributed by atoms with van der Waals surface area (Å²) in [4.78, 5) is 23.6. The Morgan fingerprint density at radius 3 is 2.81 bits per heavy atom. The zero-order chi connectivity index (χ0) is 24.5. The van der Waals surface area contributed by atoms with Crippen molar-refractivity contribution >= 4 is 22.5 Å². The van der Waals surface area contributed by atoms with Gasteiger partial charge >= 0.3 is 0 Å². The lowest BCUT2D eigenvalue weighted by molar-refractivity contribution is -0.423. The van der Waals surface area contributed by atoms with Crippen molar-refractivity contribution in [2.24, 2.45) is 0 Å². The molecule has 1 aliphatic rings. The number of carbonyl (C=O) groups excluding carboxylic acids is 1. The summed E-state index contributed by atoms with van der Waals surface area (Å²) in [5, 5.41) is 4.24. The first kappa shape index (κ1) is 22.1. The number of amides is 1. The van der Waals surface area contributed by atoms with Crippen molar-refractivity contribution in [1.29, 1.82) is 0 Å². The number of nitrogens with one attached hydrogen (secondary N) is 3. The second kappa shape index (κ2) is 9.36. The number of nitrogens with zero attached hydrogens (tertiary/aromatic N) is 1. The summed E-state index contributed by atoms with van der Waals surface area (Å²) in [5.41, 5.74) is 11.6. The molecule has 7 heteroatoms. The molecular weight excluding hydrogens is 450 g/mol. The number of aromatic nitrogens is 3. The Balaban J connectivity index is 1.16. The molecule has 2 atom stereocenters. The Morgan fingerprint density at radius 2 is 1.92 bits per heavy atom. The maximum atomic E-state index is 12.6. The lowest BCUT2D eigenvalue weighted by Gasteiger charge is -2.12. The van der Waals surface area contributed by atoms with Gasteiger partial charge in [-0.3, -0.25) is 9.78 Å². The predicted molar refractivity (Wildman–Crippen MR) is 140 cm³/mol. The maximum absolute atomic E-state index is 12.6. The van der Waals surface area contributed by atoms with Crippen LogP contribution in [0.5, 0.6) is 5.75 Å². The highest BCUT2D eigenvalue weighted by atomic mass is 16.5. The predicted octanol–water partition coefficient (Wildman–Crippen LogP) is 4.07. The van der Waals surface area contributed by atoms with Crippen molar-refractivity contribution in [3.63, 3.8) is 0 Å². The average Bonchev–Trinajstić information content (AvgIpc) is 3.63. The van der Waals surface area contributed by atoms with E-state index in [0.29, 0.717) is 18.8 Å². The Hall–Kier alpha value is -4.36. The summed E-state index contributed by atoms with van der Waals surface area (Å²) in [6.07, 6.45) is 8.96. The van der Waals surface area contributed by atoms with Gasteiger partial charge in [0.2, 0.25) is 5.91 Å². The van der Waals surface area contributed by atoms with Crippen LogP contribution in [0.25, 0.3) is 22.0 Å². The summed E-state index contributed by atoms with van der Waals surface area (Å²) in [5.74, 6) is 0.517. The van der Waals surface area contributed by atoms with Gasteiger partial charge in [-0.2, -0.15) is 0 Å². The molecule has 0 radical (unpaired) electrons. The Morgan fingerprint density at radius 1 is 1.00 bits per heavy atom. The number of hydrogen-bond acceptors (Lipinski definition) is 3. The molecule has 6 rings (SSSR count). The van der Waals surface area contributed by atoms with Gasteiger partial charge in [0, 0.05) is 59.3 Å². The Bertz CT molecular complexity index is 1520. The molecule has 4 heterocycles. The molecule has 1 aliphatic heterocycles. The van der Waals surface area contributed by atoms with E-state index in [0.717, 1.165) is 40.0 Å². The number of fused-ring (bicyclic) bond motifs is 2. The number of ether oxygens (including phenoxy) is 1. The van der Waals surface area contributed by atoms with Crippen LogP contribution in [-0.4, -0.2) is 33.5 Å². The van der Waals surface area contributed by atoms with Gasteiger partial charge in [0.25, 0.3) is 0 Å². The molecule has 0 aliphatic carbocycles. The maximum Gasteiger partial charge on any atom is 0.232 e. The molecule has 0 saturated heterocycles. The molecule has 5 aromatic rings. The quantitative estimate of drug-likeness (QED) is 0.270. The Kier molecular flexibility index (Phi) is 5.75. The van der Waals surface area contributed by atoms with Gasteiger partial charge in [0.05, 0.1) is 12.1 Å². The van der Waals surface area contributed by atoms with Crippen molar-refractivity contribution < 1.29 is 15.3 Å². The highest BCUT2D eigenvalue weighted by Gasteiger charge is 2.31. The van der Waals surface area contributed by atoms with Crippen LogP contribution in [0, 0.1) is 0 Å². The third kappa shape index (κ3) is 4.36. The van der Waals surface area contributed by atoms with Gasteiger partial charge < -0.3 is 25.8 Å². The topological polar surface area (TPSA) is 110 Å². The van der Waals surface area contributed by atoms with Crippen LogP contribution in [0.1, 0.15) is 22.7 Å². The van der Waals surface area contributed by atoms with Gasteiger partial charge in [-0.1, -0.05) is 24.3 Å². The summed E-state index contributed by atoms with van der Waals surface area (Å²) in [6.45, 7) is 0.492. The number of H-pyrrole nitrogens is 2. The fourth-order valence-corrected chi connectivity index (χ4v) is 4.96. The summed E-state index contributed by atoms with van der Waals surface area (Å²) < 4.78 is 6.09. The molecular formula is C29H28N5O2+. The van der Waals surface area contributed by atoms with Crippen molar-refractivity contribution in [3.05, 3.63) is 102 Å². The molecule has 1 amide bonds. The smallest absolute Gasteiger partial charge is 0.232 e. The number of aromatic amines is 2. The first-order chi connectivity index (χ1) is 17.6. The van der Waals surface area contributed by atoms with Crippen molar-refractivity contribution in [3.8, 4) is 16.9 Å². The lowest BCUT2D eigenvalue weighted by Crippen LogP contribution is -2.64. The third-order valence-corrected chi connectivity index (χ3v) is 6.80. The minimum absolute atomic E-state index is 0.0312. The van der Waals surface area contributed by atoms with Crippen molar-refractivity contribution in [2.75, 3.05) is 11.9 Å². The second-order valence-corrected chi connectivity index (χ2v) is 9.39. The van der Waals surface area contributed by atoms with Crippen LogP contribution in [-0.2, 0) is 17.6 Å². The number of para-hydroxylation sites is 1. The van der Waals surface area contributed by atoms with Crippen LogP contribution in [0.2, 0.25) is 0 Å². The number of rotatable bonds is 8.